The average molecular weight is 471 g/mol. The molecule has 0 aliphatic rings. The molecule has 0 bridgehead atoms. The summed E-state index contributed by atoms with van der Waals surface area (Å²) in [6, 6.07) is 19.3. The standard InChI is InChI=1S/C26H19ClN4O3/c1-16-7-5-9-19(13-16)34-25-20(26(33)31-12-6-8-17(2)23(31)30-25)14-18(15-28)24(32)29-22-11-4-3-10-21(22)27/h3-14H,1-2H3,(H,29,32)/b18-14-. The molecule has 8 heteroatoms. The van der Waals surface area contributed by atoms with Crippen LogP contribution in [0.5, 0.6) is 11.6 Å². The molecule has 0 atom stereocenters. The Bertz CT molecular complexity index is 1550. The van der Waals surface area contributed by atoms with Crippen LogP contribution in [0, 0.1) is 25.2 Å². The third kappa shape index (κ3) is 4.68. The van der Waals surface area contributed by atoms with Gasteiger partial charge in [0, 0.05) is 6.20 Å². The minimum absolute atomic E-state index is 0.0109. The molecule has 34 heavy (non-hydrogen) atoms. The van der Waals surface area contributed by atoms with Crippen molar-refractivity contribution in [1.29, 1.82) is 5.26 Å². The Labute approximate surface area is 200 Å². The summed E-state index contributed by atoms with van der Waals surface area (Å²) in [7, 11) is 0. The summed E-state index contributed by atoms with van der Waals surface area (Å²) < 4.78 is 7.32. The fourth-order valence-corrected chi connectivity index (χ4v) is 3.51. The summed E-state index contributed by atoms with van der Waals surface area (Å²) >= 11 is 6.11. The SMILES string of the molecule is Cc1cccc(Oc2nc3c(C)cccn3c(=O)c2/C=C(/C#N)C(=O)Nc2ccccc2Cl)c1. The molecule has 0 aliphatic carbocycles. The maximum atomic E-state index is 13.4. The van der Waals surface area contributed by atoms with Crippen LogP contribution in [0.1, 0.15) is 16.7 Å². The Morgan fingerprint density at radius 3 is 2.68 bits per heavy atom. The van der Waals surface area contributed by atoms with Gasteiger partial charge in [-0.2, -0.15) is 10.2 Å². The summed E-state index contributed by atoms with van der Waals surface area (Å²) in [5.74, 6) is -0.257. The Morgan fingerprint density at radius 2 is 1.94 bits per heavy atom. The number of anilines is 1. The monoisotopic (exact) mass is 470 g/mol. The third-order valence-electron chi connectivity index (χ3n) is 5.03. The number of hydrogen-bond donors (Lipinski definition) is 1. The normalized spacial score (nSPS) is 11.2. The van der Waals surface area contributed by atoms with Crippen molar-refractivity contribution in [3.63, 3.8) is 0 Å². The van der Waals surface area contributed by atoms with Crippen molar-refractivity contribution in [1.82, 2.24) is 9.38 Å². The number of fused-ring (bicyclic) bond motifs is 1. The van der Waals surface area contributed by atoms with Crippen LogP contribution in [0.2, 0.25) is 5.02 Å². The molecule has 4 rings (SSSR count). The average Bonchev–Trinajstić information content (AvgIpc) is 2.81. The second-order valence-electron chi connectivity index (χ2n) is 7.54. The second kappa shape index (κ2) is 9.61. The van der Waals surface area contributed by atoms with E-state index in [0.717, 1.165) is 11.1 Å². The number of rotatable bonds is 5. The number of halogens is 1. The first-order valence-corrected chi connectivity index (χ1v) is 10.7. The van der Waals surface area contributed by atoms with Crippen LogP contribution in [-0.2, 0) is 4.79 Å². The van der Waals surface area contributed by atoms with Gasteiger partial charge in [0.05, 0.1) is 10.7 Å². The first kappa shape index (κ1) is 22.8. The fourth-order valence-electron chi connectivity index (χ4n) is 3.33. The number of carbonyl (C=O) groups excluding carboxylic acids is 1. The number of hydrogen-bond acceptors (Lipinski definition) is 5. The second-order valence-corrected chi connectivity index (χ2v) is 7.95. The highest BCUT2D eigenvalue weighted by atomic mass is 35.5. The lowest BCUT2D eigenvalue weighted by atomic mass is 10.1. The van der Waals surface area contributed by atoms with Crippen molar-refractivity contribution in [3.05, 3.63) is 105 Å². The molecule has 2 aromatic heterocycles. The lowest BCUT2D eigenvalue weighted by Gasteiger charge is -2.12. The van der Waals surface area contributed by atoms with Crippen molar-refractivity contribution in [2.45, 2.75) is 13.8 Å². The Hall–Kier alpha value is -4.41. The minimum atomic E-state index is -0.717. The van der Waals surface area contributed by atoms with Crippen LogP contribution >= 0.6 is 11.6 Å². The van der Waals surface area contributed by atoms with Crippen molar-refractivity contribution < 1.29 is 9.53 Å². The number of nitrogens with one attached hydrogen (secondary N) is 1. The molecule has 0 spiro atoms. The molecule has 1 N–H and O–H groups in total. The number of nitrogens with zero attached hydrogens (tertiary/aromatic N) is 3. The summed E-state index contributed by atoms with van der Waals surface area (Å²) in [5, 5.41) is 12.6. The fraction of sp³-hybridized carbons (Fsp3) is 0.0769. The van der Waals surface area contributed by atoms with E-state index in [-0.39, 0.29) is 17.0 Å². The Morgan fingerprint density at radius 1 is 1.15 bits per heavy atom. The van der Waals surface area contributed by atoms with Crippen LogP contribution in [0.4, 0.5) is 5.69 Å². The van der Waals surface area contributed by atoms with E-state index in [1.54, 1.807) is 48.7 Å². The smallest absolute Gasteiger partial charge is 0.269 e. The molecule has 0 unspecified atom stereocenters. The number of aromatic nitrogens is 2. The number of para-hydroxylation sites is 1. The molecule has 2 aromatic carbocycles. The van der Waals surface area contributed by atoms with Crippen LogP contribution < -0.4 is 15.6 Å². The molecule has 0 aliphatic heterocycles. The van der Waals surface area contributed by atoms with Gasteiger partial charge >= 0.3 is 0 Å². The zero-order chi connectivity index (χ0) is 24.2. The molecule has 0 fully saturated rings. The highest BCUT2D eigenvalue weighted by molar-refractivity contribution is 6.34. The van der Waals surface area contributed by atoms with Gasteiger partial charge in [0.1, 0.15) is 28.6 Å². The summed E-state index contributed by atoms with van der Waals surface area (Å²) in [5.41, 5.74) is 1.66. The third-order valence-corrected chi connectivity index (χ3v) is 5.36. The number of amides is 1. The van der Waals surface area contributed by atoms with E-state index in [4.69, 9.17) is 16.3 Å². The number of carbonyl (C=O) groups is 1. The highest BCUT2D eigenvalue weighted by Crippen LogP contribution is 2.26. The van der Waals surface area contributed by atoms with Crippen molar-refractivity contribution >= 4 is 34.9 Å². The Kier molecular flexibility index (Phi) is 6.44. The molecule has 7 nitrogen and oxygen atoms in total. The summed E-state index contributed by atoms with van der Waals surface area (Å²) in [6.07, 6.45) is 2.75. The number of aryl methyl sites for hydroxylation is 2. The Balaban J connectivity index is 1.85. The number of ether oxygens (including phenoxy) is 1. The molecule has 0 saturated carbocycles. The number of nitriles is 1. The van der Waals surface area contributed by atoms with E-state index in [2.05, 4.69) is 10.3 Å². The van der Waals surface area contributed by atoms with Gasteiger partial charge in [-0.05, 0) is 61.4 Å². The van der Waals surface area contributed by atoms with Gasteiger partial charge in [-0.1, -0.05) is 41.9 Å². The maximum Gasteiger partial charge on any atom is 0.269 e. The zero-order valence-corrected chi connectivity index (χ0v) is 19.1. The molecule has 0 saturated heterocycles. The van der Waals surface area contributed by atoms with Gasteiger partial charge in [0.15, 0.2) is 0 Å². The molecule has 2 heterocycles. The highest BCUT2D eigenvalue weighted by Gasteiger charge is 2.18. The lowest BCUT2D eigenvalue weighted by molar-refractivity contribution is -0.112. The molecular formula is C26H19ClN4O3. The zero-order valence-electron chi connectivity index (χ0n) is 18.4. The van der Waals surface area contributed by atoms with Crippen molar-refractivity contribution in [3.8, 4) is 17.7 Å². The van der Waals surface area contributed by atoms with Crippen LogP contribution in [0.3, 0.4) is 0 Å². The molecule has 0 radical (unpaired) electrons. The van der Waals surface area contributed by atoms with E-state index < -0.39 is 11.5 Å². The topological polar surface area (TPSA) is 96.5 Å². The van der Waals surface area contributed by atoms with Crippen LogP contribution in [0.25, 0.3) is 11.7 Å². The van der Waals surface area contributed by atoms with Gasteiger partial charge in [-0.25, -0.2) is 0 Å². The maximum absolute atomic E-state index is 13.4. The number of benzene rings is 2. The van der Waals surface area contributed by atoms with Gasteiger partial charge in [-0.15, -0.1) is 0 Å². The lowest BCUT2D eigenvalue weighted by Crippen LogP contribution is -2.20. The van der Waals surface area contributed by atoms with Crippen molar-refractivity contribution in [2.24, 2.45) is 0 Å². The predicted octanol–water partition coefficient (Wildman–Crippen LogP) is 5.30. The van der Waals surface area contributed by atoms with E-state index >= 15 is 0 Å². The predicted molar refractivity (Wildman–Crippen MR) is 131 cm³/mol. The van der Waals surface area contributed by atoms with Crippen LogP contribution in [0.15, 0.2) is 77.2 Å². The van der Waals surface area contributed by atoms with Gasteiger partial charge in [0.2, 0.25) is 5.88 Å². The summed E-state index contributed by atoms with van der Waals surface area (Å²) in [4.78, 5) is 30.7. The first-order valence-electron chi connectivity index (χ1n) is 10.3. The molecule has 4 aromatic rings. The summed E-state index contributed by atoms with van der Waals surface area (Å²) in [6.45, 7) is 3.73. The van der Waals surface area contributed by atoms with Gasteiger partial charge < -0.3 is 10.1 Å². The molecular weight excluding hydrogens is 452 g/mol. The van der Waals surface area contributed by atoms with E-state index in [0.29, 0.717) is 22.1 Å². The van der Waals surface area contributed by atoms with Gasteiger partial charge in [-0.3, -0.25) is 14.0 Å². The van der Waals surface area contributed by atoms with Gasteiger partial charge in [0.25, 0.3) is 11.5 Å². The van der Waals surface area contributed by atoms with E-state index in [1.165, 1.54) is 10.5 Å². The number of pyridine rings is 1. The first-order chi connectivity index (χ1) is 16.4. The minimum Gasteiger partial charge on any atom is -0.438 e. The van der Waals surface area contributed by atoms with E-state index in [1.807, 2.05) is 38.1 Å². The van der Waals surface area contributed by atoms with Crippen LogP contribution in [-0.4, -0.2) is 15.3 Å². The van der Waals surface area contributed by atoms with E-state index in [9.17, 15) is 14.9 Å². The van der Waals surface area contributed by atoms with Crippen molar-refractivity contribution in [2.75, 3.05) is 5.32 Å². The largest absolute Gasteiger partial charge is 0.438 e. The molecule has 1 amide bonds. The quantitative estimate of drug-likeness (QED) is 0.315. The molecule has 168 valence electrons.